The number of carbonyl (C=O) groups is 1. The fourth-order valence-corrected chi connectivity index (χ4v) is 4.59. The summed E-state index contributed by atoms with van der Waals surface area (Å²) in [5.74, 6) is 0. The van der Waals surface area contributed by atoms with Gasteiger partial charge in [0.2, 0.25) is 6.41 Å². The summed E-state index contributed by atoms with van der Waals surface area (Å²) in [6.45, 7) is 0.330. The molecule has 0 aliphatic heterocycles. The highest BCUT2D eigenvalue weighted by Gasteiger charge is 2.26. The van der Waals surface area contributed by atoms with Crippen molar-refractivity contribution in [2.75, 3.05) is 0 Å². The number of amides is 1. The molecular weight excluding hydrogens is 423 g/mol. The molecule has 0 radical (unpaired) electrons. The summed E-state index contributed by atoms with van der Waals surface area (Å²) < 4.78 is 3.52. The van der Waals surface area contributed by atoms with E-state index in [-0.39, 0.29) is 17.8 Å². The summed E-state index contributed by atoms with van der Waals surface area (Å²) in [7, 11) is 0. The van der Waals surface area contributed by atoms with E-state index in [0.29, 0.717) is 22.2 Å². The number of hydrogen-bond donors (Lipinski definition) is 1. The van der Waals surface area contributed by atoms with E-state index in [1.54, 1.807) is 28.8 Å². The lowest BCUT2D eigenvalue weighted by Crippen LogP contribution is -2.35. The number of nitrogens with zero attached hydrogens (tertiary/aromatic N) is 3. The van der Waals surface area contributed by atoms with E-state index < -0.39 is 0 Å². The molecule has 1 aromatic heterocycles. The van der Waals surface area contributed by atoms with Crippen LogP contribution in [-0.4, -0.2) is 21.6 Å². The monoisotopic (exact) mass is 442 g/mol. The van der Waals surface area contributed by atoms with Crippen LogP contribution in [0.4, 0.5) is 0 Å². The van der Waals surface area contributed by atoms with Crippen LogP contribution in [0.1, 0.15) is 42.9 Å². The molecule has 6 nitrogen and oxygen atoms in total. The molecule has 1 N–H and O–H groups in total. The molecule has 0 spiro atoms. The molecule has 0 unspecified atom stereocenters. The first-order valence-electron chi connectivity index (χ1n) is 9.80. The number of hydrogen-bond acceptors (Lipinski definition) is 3. The van der Waals surface area contributed by atoms with Crippen LogP contribution in [0, 0.1) is 11.3 Å². The van der Waals surface area contributed by atoms with E-state index in [1.165, 1.54) is 0 Å². The second-order valence-corrected chi connectivity index (χ2v) is 8.41. The molecular formula is C22H20Cl2N4O2. The van der Waals surface area contributed by atoms with Crippen LogP contribution in [0.2, 0.25) is 10.0 Å². The third-order valence-electron chi connectivity index (χ3n) is 5.78. The minimum Gasteiger partial charge on any atom is -0.356 e. The maximum Gasteiger partial charge on any atom is 0.329 e. The summed E-state index contributed by atoms with van der Waals surface area (Å²) in [6, 6.07) is 13.0. The largest absolute Gasteiger partial charge is 0.356 e. The van der Waals surface area contributed by atoms with Crippen LogP contribution in [0.15, 0.2) is 41.2 Å². The van der Waals surface area contributed by atoms with Crippen LogP contribution < -0.4 is 11.0 Å². The Labute approximate surface area is 183 Å². The number of halogens is 2. The van der Waals surface area contributed by atoms with Crippen LogP contribution in [0.3, 0.4) is 0 Å². The first-order valence-corrected chi connectivity index (χ1v) is 10.6. The molecule has 4 rings (SSSR count). The Kier molecular flexibility index (Phi) is 5.85. The SMILES string of the molecule is N#Cc1ccc2c(c1)n(Cc1ccc(Cl)c(Cl)c1)c(=O)n2[C@H]1CC[C@H](NC=O)CC1. The van der Waals surface area contributed by atoms with Gasteiger partial charge in [0.15, 0.2) is 0 Å². The average Bonchev–Trinajstić information content (AvgIpc) is 3.02. The maximum absolute atomic E-state index is 13.5. The van der Waals surface area contributed by atoms with Crippen molar-refractivity contribution in [3.63, 3.8) is 0 Å². The number of nitriles is 1. The van der Waals surface area contributed by atoms with Gasteiger partial charge in [0.25, 0.3) is 0 Å². The van der Waals surface area contributed by atoms with Crippen molar-refractivity contribution in [2.45, 2.75) is 44.3 Å². The maximum atomic E-state index is 13.5. The number of benzene rings is 2. The van der Waals surface area contributed by atoms with Gasteiger partial charge in [-0.05, 0) is 61.6 Å². The molecule has 8 heteroatoms. The van der Waals surface area contributed by atoms with Crippen molar-refractivity contribution < 1.29 is 4.79 Å². The van der Waals surface area contributed by atoms with Gasteiger partial charge in [-0.25, -0.2) is 4.79 Å². The van der Waals surface area contributed by atoms with Crippen LogP contribution in [0.5, 0.6) is 0 Å². The predicted octanol–water partition coefficient (Wildman–Crippen LogP) is 4.26. The topological polar surface area (TPSA) is 79.8 Å². The number of fused-ring (bicyclic) bond motifs is 1. The minimum atomic E-state index is -0.113. The van der Waals surface area contributed by atoms with Gasteiger partial charge in [0, 0.05) is 12.1 Å². The third-order valence-corrected chi connectivity index (χ3v) is 6.52. The molecule has 2 aromatic carbocycles. The van der Waals surface area contributed by atoms with Gasteiger partial charge >= 0.3 is 5.69 Å². The lowest BCUT2D eigenvalue weighted by molar-refractivity contribution is -0.110. The molecule has 1 amide bonds. The van der Waals surface area contributed by atoms with Gasteiger partial charge in [-0.15, -0.1) is 0 Å². The van der Waals surface area contributed by atoms with E-state index in [2.05, 4.69) is 11.4 Å². The number of aromatic nitrogens is 2. The Bertz CT molecular complexity index is 1200. The van der Waals surface area contributed by atoms with Crippen molar-refractivity contribution in [1.29, 1.82) is 5.26 Å². The Balaban J connectivity index is 1.77. The molecule has 1 fully saturated rings. The van der Waals surface area contributed by atoms with Gasteiger partial charge in [-0.1, -0.05) is 29.3 Å². The van der Waals surface area contributed by atoms with E-state index in [1.807, 2.05) is 16.7 Å². The summed E-state index contributed by atoms with van der Waals surface area (Å²) in [6.07, 6.45) is 4.00. The number of imidazole rings is 1. The van der Waals surface area contributed by atoms with Gasteiger partial charge < -0.3 is 5.32 Å². The van der Waals surface area contributed by atoms with Crippen LogP contribution in [-0.2, 0) is 11.3 Å². The lowest BCUT2D eigenvalue weighted by Gasteiger charge is -2.28. The van der Waals surface area contributed by atoms with Crippen LogP contribution >= 0.6 is 23.2 Å². The van der Waals surface area contributed by atoms with Gasteiger partial charge in [0.1, 0.15) is 0 Å². The van der Waals surface area contributed by atoms with E-state index >= 15 is 0 Å². The molecule has 0 bridgehead atoms. The number of carbonyl (C=O) groups excluding carboxylic acids is 1. The number of nitrogens with one attached hydrogen (secondary N) is 1. The highest BCUT2D eigenvalue weighted by atomic mass is 35.5. The highest BCUT2D eigenvalue weighted by Crippen LogP contribution is 2.31. The summed E-state index contributed by atoms with van der Waals surface area (Å²) in [5.41, 5.74) is 2.77. The molecule has 154 valence electrons. The second kappa shape index (κ2) is 8.55. The molecule has 0 atom stereocenters. The summed E-state index contributed by atoms with van der Waals surface area (Å²) in [5, 5.41) is 13.1. The lowest BCUT2D eigenvalue weighted by atomic mass is 9.91. The van der Waals surface area contributed by atoms with Crippen molar-refractivity contribution >= 4 is 40.6 Å². The highest BCUT2D eigenvalue weighted by molar-refractivity contribution is 6.42. The third kappa shape index (κ3) is 3.83. The second-order valence-electron chi connectivity index (χ2n) is 7.59. The molecule has 1 saturated carbocycles. The minimum absolute atomic E-state index is 0.0488. The Morgan fingerprint density at radius 1 is 1.07 bits per heavy atom. The standard InChI is InChI=1S/C22H20Cl2N4O2/c23-18-7-1-15(9-19(18)24)12-27-21-10-14(11-25)2-8-20(21)28(22(27)30)17-5-3-16(4-6-17)26-13-29/h1-2,7-10,13,16-17H,3-6,12H2,(H,26,29)/t16-,17-. The summed E-state index contributed by atoms with van der Waals surface area (Å²) >= 11 is 12.2. The molecule has 1 aliphatic rings. The fourth-order valence-electron chi connectivity index (χ4n) is 4.27. The first kappa shape index (κ1) is 20.5. The molecule has 1 heterocycles. The molecule has 1 aliphatic carbocycles. The van der Waals surface area contributed by atoms with E-state index in [0.717, 1.165) is 48.7 Å². The molecule has 0 saturated heterocycles. The van der Waals surface area contributed by atoms with Gasteiger partial charge in [-0.3, -0.25) is 13.9 Å². The van der Waals surface area contributed by atoms with Crippen molar-refractivity contribution in [3.8, 4) is 6.07 Å². The zero-order valence-corrected chi connectivity index (χ0v) is 17.7. The normalized spacial score (nSPS) is 18.8. The first-order chi connectivity index (χ1) is 14.5. The van der Waals surface area contributed by atoms with Crippen molar-refractivity contribution in [1.82, 2.24) is 14.5 Å². The predicted molar refractivity (Wildman–Crippen MR) is 117 cm³/mol. The van der Waals surface area contributed by atoms with Crippen molar-refractivity contribution in [2.24, 2.45) is 0 Å². The van der Waals surface area contributed by atoms with Crippen LogP contribution in [0.25, 0.3) is 11.0 Å². The molecule has 30 heavy (non-hydrogen) atoms. The molecule has 3 aromatic rings. The van der Waals surface area contributed by atoms with Crippen molar-refractivity contribution in [3.05, 3.63) is 68.1 Å². The summed E-state index contributed by atoms with van der Waals surface area (Å²) in [4.78, 5) is 24.2. The van der Waals surface area contributed by atoms with E-state index in [4.69, 9.17) is 23.2 Å². The average molecular weight is 443 g/mol. The van der Waals surface area contributed by atoms with E-state index in [9.17, 15) is 14.9 Å². The number of rotatable bonds is 5. The Hall–Kier alpha value is -2.75. The smallest absolute Gasteiger partial charge is 0.329 e. The van der Waals surface area contributed by atoms with Gasteiger partial charge in [-0.2, -0.15) is 5.26 Å². The Morgan fingerprint density at radius 3 is 2.50 bits per heavy atom. The Morgan fingerprint density at radius 2 is 1.83 bits per heavy atom. The van der Waals surface area contributed by atoms with Gasteiger partial charge in [0.05, 0.1) is 39.3 Å². The zero-order valence-electron chi connectivity index (χ0n) is 16.1. The fraction of sp³-hybridized carbons (Fsp3) is 0.318. The zero-order chi connectivity index (χ0) is 21.3. The quantitative estimate of drug-likeness (QED) is 0.599.